The van der Waals surface area contributed by atoms with Gasteiger partial charge in [0.1, 0.15) is 0 Å². The molecule has 0 unspecified atom stereocenters. The van der Waals surface area contributed by atoms with E-state index in [-0.39, 0.29) is 5.56 Å². The third kappa shape index (κ3) is 2.40. The molecule has 0 bridgehead atoms. The number of hydrogen-bond donors (Lipinski definition) is 1. The zero-order valence-electron chi connectivity index (χ0n) is 9.47. The van der Waals surface area contributed by atoms with E-state index in [0.29, 0.717) is 5.92 Å². The van der Waals surface area contributed by atoms with Crippen molar-refractivity contribution in [3.05, 3.63) is 34.9 Å². The SMILES string of the molecule is Cc1ccc(C(F)F)c(C2CCNCC2)c1. The van der Waals surface area contributed by atoms with E-state index in [1.807, 2.05) is 13.0 Å². The summed E-state index contributed by atoms with van der Waals surface area (Å²) in [6.45, 7) is 3.82. The second kappa shape index (κ2) is 4.91. The molecular weight excluding hydrogens is 208 g/mol. The summed E-state index contributed by atoms with van der Waals surface area (Å²) in [5, 5.41) is 3.26. The molecule has 1 aromatic carbocycles. The van der Waals surface area contributed by atoms with E-state index >= 15 is 0 Å². The van der Waals surface area contributed by atoms with Crippen molar-refractivity contribution in [2.45, 2.75) is 32.1 Å². The summed E-state index contributed by atoms with van der Waals surface area (Å²) in [7, 11) is 0. The zero-order valence-corrected chi connectivity index (χ0v) is 9.47. The molecule has 1 N–H and O–H groups in total. The van der Waals surface area contributed by atoms with Crippen molar-refractivity contribution in [1.29, 1.82) is 0 Å². The number of piperidine rings is 1. The molecule has 0 amide bonds. The number of nitrogens with one attached hydrogen (secondary N) is 1. The molecule has 16 heavy (non-hydrogen) atoms. The first-order valence-corrected chi connectivity index (χ1v) is 5.78. The Labute approximate surface area is 94.9 Å². The molecule has 0 spiro atoms. The van der Waals surface area contributed by atoms with Crippen LogP contribution in [0.1, 0.15) is 41.9 Å². The van der Waals surface area contributed by atoms with Gasteiger partial charge in [-0.05, 0) is 44.3 Å². The van der Waals surface area contributed by atoms with Crippen LogP contribution >= 0.6 is 0 Å². The molecule has 88 valence electrons. The maximum Gasteiger partial charge on any atom is 0.264 e. The average molecular weight is 225 g/mol. The lowest BCUT2D eigenvalue weighted by molar-refractivity contribution is 0.149. The lowest BCUT2D eigenvalue weighted by Crippen LogP contribution is -2.27. The van der Waals surface area contributed by atoms with Gasteiger partial charge in [-0.1, -0.05) is 23.8 Å². The zero-order chi connectivity index (χ0) is 11.5. The van der Waals surface area contributed by atoms with Crippen LogP contribution in [0.25, 0.3) is 0 Å². The Morgan fingerprint density at radius 2 is 1.94 bits per heavy atom. The number of aryl methyl sites for hydroxylation is 1. The Morgan fingerprint density at radius 1 is 1.25 bits per heavy atom. The van der Waals surface area contributed by atoms with E-state index in [0.717, 1.165) is 37.1 Å². The van der Waals surface area contributed by atoms with Crippen LogP contribution in [0, 0.1) is 6.92 Å². The summed E-state index contributed by atoms with van der Waals surface area (Å²) >= 11 is 0. The summed E-state index contributed by atoms with van der Waals surface area (Å²) < 4.78 is 25.8. The predicted molar refractivity (Wildman–Crippen MR) is 61.0 cm³/mol. The van der Waals surface area contributed by atoms with Crippen LogP contribution in [0.2, 0.25) is 0 Å². The first-order chi connectivity index (χ1) is 7.68. The standard InChI is InChI=1S/C13H17F2N/c1-9-2-3-11(13(14)15)12(8-9)10-4-6-16-7-5-10/h2-3,8,10,13,16H,4-7H2,1H3. The van der Waals surface area contributed by atoms with Gasteiger partial charge in [0.05, 0.1) is 0 Å². The van der Waals surface area contributed by atoms with Crippen molar-refractivity contribution in [3.63, 3.8) is 0 Å². The lowest BCUT2D eigenvalue weighted by Gasteiger charge is -2.25. The quantitative estimate of drug-likeness (QED) is 0.813. The number of rotatable bonds is 2. The minimum absolute atomic E-state index is 0.220. The molecule has 0 aromatic heterocycles. The summed E-state index contributed by atoms with van der Waals surface area (Å²) in [5.74, 6) is 0.296. The summed E-state index contributed by atoms with van der Waals surface area (Å²) in [5.41, 5.74) is 2.15. The van der Waals surface area contributed by atoms with E-state index in [1.54, 1.807) is 12.1 Å². The highest BCUT2D eigenvalue weighted by Gasteiger charge is 2.21. The molecule has 1 heterocycles. The van der Waals surface area contributed by atoms with Crippen molar-refractivity contribution in [2.24, 2.45) is 0 Å². The molecule has 1 aromatic rings. The van der Waals surface area contributed by atoms with E-state index in [4.69, 9.17) is 0 Å². The summed E-state index contributed by atoms with van der Waals surface area (Å²) in [4.78, 5) is 0. The Hall–Kier alpha value is -0.960. The van der Waals surface area contributed by atoms with Gasteiger partial charge in [-0.3, -0.25) is 0 Å². The van der Waals surface area contributed by atoms with Crippen LogP contribution in [-0.2, 0) is 0 Å². The van der Waals surface area contributed by atoms with Crippen LogP contribution < -0.4 is 5.32 Å². The third-order valence-electron chi connectivity index (χ3n) is 3.26. The second-order valence-corrected chi connectivity index (χ2v) is 4.46. The summed E-state index contributed by atoms with van der Waals surface area (Å²) in [6, 6.07) is 5.28. The Kier molecular flexibility index (Phi) is 3.54. The van der Waals surface area contributed by atoms with E-state index < -0.39 is 6.43 Å². The van der Waals surface area contributed by atoms with Crippen LogP contribution in [-0.4, -0.2) is 13.1 Å². The van der Waals surface area contributed by atoms with Crippen molar-refractivity contribution >= 4 is 0 Å². The minimum Gasteiger partial charge on any atom is -0.317 e. The van der Waals surface area contributed by atoms with Crippen molar-refractivity contribution in [3.8, 4) is 0 Å². The molecule has 3 heteroatoms. The van der Waals surface area contributed by atoms with Crippen LogP contribution in [0.3, 0.4) is 0 Å². The van der Waals surface area contributed by atoms with Crippen LogP contribution in [0.4, 0.5) is 8.78 Å². The monoisotopic (exact) mass is 225 g/mol. The fourth-order valence-corrected chi connectivity index (χ4v) is 2.38. The highest BCUT2D eigenvalue weighted by molar-refractivity contribution is 5.35. The lowest BCUT2D eigenvalue weighted by atomic mass is 9.86. The van der Waals surface area contributed by atoms with Gasteiger partial charge in [0.25, 0.3) is 6.43 Å². The topological polar surface area (TPSA) is 12.0 Å². The first-order valence-electron chi connectivity index (χ1n) is 5.78. The van der Waals surface area contributed by atoms with Gasteiger partial charge >= 0.3 is 0 Å². The number of benzene rings is 1. The molecule has 1 fully saturated rings. The minimum atomic E-state index is -2.36. The molecule has 0 aliphatic carbocycles. The van der Waals surface area contributed by atoms with Crippen molar-refractivity contribution in [1.82, 2.24) is 5.32 Å². The highest BCUT2D eigenvalue weighted by Crippen LogP contribution is 2.33. The number of halogens is 2. The molecule has 1 aliphatic rings. The van der Waals surface area contributed by atoms with Crippen molar-refractivity contribution in [2.75, 3.05) is 13.1 Å². The second-order valence-electron chi connectivity index (χ2n) is 4.46. The van der Waals surface area contributed by atoms with Gasteiger partial charge in [-0.25, -0.2) is 8.78 Å². The fourth-order valence-electron chi connectivity index (χ4n) is 2.38. The smallest absolute Gasteiger partial charge is 0.264 e. The van der Waals surface area contributed by atoms with Gasteiger partial charge in [-0.2, -0.15) is 0 Å². The molecular formula is C13H17F2N. The van der Waals surface area contributed by atoms with Gasteiger partial charge in [0.2, 0.25) is 0 Å². The molecule has 0 atom stereocenters. The van der Waals surface area contributed by atoms with E-state index in [9.17, 15) is 8.78 Å². The Morgan fingerprint density at radius 3 is 2.56 bits per heavy atom. The molecule has 1 aliphatic heterocycles. The number of alkyl halides is 2. The molecule has 1 saturated heterocycles. The van der Waals surface area contributed by atoms with Gasteiger partial charge < -0.3 is 5.32 Å². The fraction of sp³-hybridized carbons (Fsp3) is 0.538. The molecule has 0 saturated carbocycles. The molecule has 2 rings (SSSR count). The largest absolute Gasteiger partial charge is 0.317 e. The normalized spacial score (nSPS) is 18.0. The van der Waals surface area contributed by atoms with E-state index in [1.165, 1.54) is 0 Å². The van der Waals surface area contributed by atoms with Crippen LogP contribution in [0.5, 0.6) is 0 Å². The maximum atomic E-state index is 12.9. The Bertz CT molecular complexity index is 357. The van der Waals surface area contributed by atoms with Crippen molar-refractivity contribution < 1.29 is 8.78 Å². The maximum absolute atomic E-state index is 12.9. The third-order valence-corrected chi connectivity index (χ3v) is 3.26. The van der Waals surface area contributed by atoms with Gasteiger partial charge in [0.15, 0.2) is 0 Å². The number of hydrogen-bond acceptors (Lipinski definition) is 1. The molecule has 0 radical (unpaired) electrons. The molecule has 1 nitrogen and oxygen atoms in total. The first kappa shape index (κ1) is 11.5. The van der Waals surface area contributed by atoms with E-state index in [2.05, 4.69) is 5.32 Å². The van der Waals surface area contributed by atoms with Gasteiger partial charge in [0, 0.05) is 5.56 Å². The highest BCUT2D eigenvalue weighted by atomic mass is 19.3. The summed E-state index contributed by atoms with van der Waals surface area (Å²) in [6.07, 6.45) is -0.433. The van der Waals surface area contributed by atoms with Crippen LogP contribution in [0.15, 0.2) is 18.2 Å². The Balaban J connectivity index is 2.32. The predicted octanol–water partition coefficient (Wildman–Crippen LogP) is 3.40. The van der Waals surface area contributed by atoms with Gasteiger partial charge in [-0.15, -0.1) is 0 Å². The average Bonchev–Trinajstić information content (AvgIpc) is 2.29.